The zero-order chi connectivity index (χ0) is 23.1. The van der Waals surface area contributed by atoms with E-state index in [1.54, 1.807) is 6.20 Å². The van der Waals surface area contributed by atoms with Gasteiger partial charge in [-0.2, -0.15) is 10.2 Å². The van der Waals surface area contributed by atoms with Crippen LogP contribution in [0.25, 0.3) is 16.7 Å². The second kappa shape index (κ2) is 8.34. The van der Waals surface area contributed by atoms with Crippen LogP contribution in [-0.4, -0.2) is 44.7 Å². The molecule has 4 heterocycles. The average Bonchev–Trinajstić information content (AvgIpc) is 3.27. The quantitative estimate of drug-likeness (QED) is 0.506. The highest BCUT2D eigenvalue weighted by molar-refractivity contribution is 5.92. The topological polar surface area (TPSA) is 91.4 Å². The summed E-state index contributed by atoms with van der Waals surface area (Å²) in [5.74, 6) is 2.27. The van der Waals surface area contributed by atoms with E-state index in [4.69, 9.17) is 14.7 Å². The Balaban J connectivity index is 1.59. The van der Waals surface area contributed by atoms with Gasteiger partial charge in [0.1, 0.15) is 11.6 Å². The fraction of sp³-hybridized carbons (Fsp3) is 0.360. The molecule has 0 spiro atoms. The van der Waals surface area contributed by atoms with E-state index in [9.17, 15) is 5.26 Å². The van der Waals surface area contributed by atoms with E-state index in [0.717, 1.165) is 46.8 Å². The molecule has 8 nitrogen and oxygen atoms in total. The van der Waals surface area contributed by atoms with Gasteiger partial charge in [0, 0.05) is 30.9 Å². The van der Waals surface area contributed by atoms with Crippen molar-refractivity contribution in [1.82, 2.24) is 19.4 Å². The molecule has 1 saturated heterocycles. The second-order valence-electron chi connectivity index (χ2n) is 8.78. The Bertz CT molecular complexity index is 1360. The predicted molar refractivity (Wildman–Crippen MR) is 128 cm³/mol. The number of rotatable bonds is 4. The maximum atomic E-state index is 9.43. The minimum atomic E-state index is -0.0496. The number of aromatic nitrogens is 4. The van der Waals surface area contributed by atoms with Crippen molar-refractivity contribution in [3.8, 4) is 6.07 Å². The lowest BCUT2D eigenvalue weighted by Gasteiger charge is -2.36. The molecule has 3 atom stereocenters. The number of benzene rings is 1. The molecular formula is C25H27N7O. The summed E-state index contributed by atoms with van der Waals surface area (Å²) < 4.78 is 7.85. The Morgan fingerprint density at radius 1 is 1.21 bits per heavy atom. The summed E-state index contributed by atoms with van der Waals surface area (Å²) in [5, 5.41) is 14.0. The van der Waals surface area contributed by atoms with Gasteiger partial charge in [-0.1, -0.05) is 12.1 Å². The number of anilines is 2. The molecule has 5 rings (SSSR count). The first-order valence-corrected chi connectivity index (χ1v) is 11.2. The van der Waals surface area contributed by atoms with Crippen molar-refractivity contribution in [2.75, 3.05) is 23.3 Å². The molecule has 3 unspecified atom stereocenters. The van der Waals surface area contributed by atoms with E-state index >= 15 is 0 Å². The molecule has 0 bridgehead atoms. The van der Waals surface area contributed by atoms with Crippen LogP contribution in [0.15, 0.2) is 42.9 Å². The van der Waals surface area contributed by atoms with Crippen molar-refractivity contribution < 1.29 is 4.74 Å². The van der Waals surface area contributed by atoms with E-state index in [1.165, 1.54) is 0 Å². The van der Waals surface area contributed by atoms with Crippen molar-refractivity contribution in [3.63, 3.8) is 0 Å². The number of imidazole rings is 1. The van der Waals surface area contributed by atoms with Crippen LogP contribution in [-0.2, 0) is 4.74 Å². The zero-order valence-electron chi connectivity index (χ0n) is 19.3. The van der Waals surface area contributed by atoms with E-state index in [1.807, 2.05) is 41.9 Å². The summed E-state index contributed by atoms with van der Waals surface area (Å²) in [6.07, 6.45) is 5.83. The standard InChI is InChI=1S/C25H27N7O/c1-15-13-31(14-16(2)33-15)23-10-21-22(12-28-23)32-9-8-27-25(32)30-24(21)29-18(4)20-7-5-6-19(11-26)17(20)3/h5-10,12,15-16,18H,13-14H2,1-4H3,(H,27,29,30). The largest absolute Gasteiger partial charge is 0.372 e. The van der Waals surface area contributed by atoms with Gasteiger partial charge in [-0.25, -0.2) is 9.97 Å². The van der Waals surface area contributed by atoms with Gasteiger partial charge in [0.15, 0.2) is 0 Å². The maximum Gasteiger partial charge on any atom is 0.236 e. The lowest BCUT2D eigenvalue weighted by molar-refractivity contribution is -0.00545. The van der Waals surface area contributed by atoms with Crippen molar-refractivity contribution in [2.45, 2.75) is 45.9 Å². The minimum Gasteiger partial charge on any atom is -0.372 e. The van der Waals surface area contributed by atoms with E-state index < -0.39 is 0 Å². The van der Waals surface area contributed by atoms with Gasteiger partial charge in [0.05, 0.1) is 41.6 Å². The number of morpholine rings is 1. The summed E-state index contributed by atoms with van der Waals surface area (Å²) >= 11 is 0. The number of nitriles is 1. The zero-order valence-corrected chi connectivity index (χ0v) is 19.3. The highest BCUT2D eigenvalue weighted by atomic mass is 16.5. The number of ether oxygens (including phenoxy) is 1. The summed E-state index contributed by atoms with van der Waals surface area (Å²) in [6.45, 7) is 9.84. The number of pyridine rings is 1. The van der Waals surface area contributed by atoms with E-state index in [-0.39, 0.29) is 18.2 Å². The van der Waals surface area contributed by atoms with Crippen LogP contribution in [0, 0.1) is 18.3 Å². The van der Waals surface area contributed by atoms with Crippen LogP contribution < -0.4 is 10.2 Å². The smallest absolute Gasteiger partial charge is 0.236 e. The molecule has 0 amide bonds. The molecule has 8 heteroatoms. The third-order valence-electron chi connectivity index (χ3n) is 6.28. The fourth-order valence-electron chi connectivity index (χ4n) is 4.72. The molecule has 1 N–H and O–H groups in total. The van der Waals surface area contributed by atoms with Gasteiger partial charge < -0.3 is 15.0 Å². The summed E-state index contributed by atoms with van der Waals surface area (Å²) in [7, 11) is 0. The van der Waals surface area contributed by atoms with Gasteiger partial charge in [-0.3, -0.25) is 4.40 Å². The molecule has 1 aliphatic rings. The third kappa shape index (κ3) is 3.85. The number of nitrogens with zero attached hydrogens (tertiary/aromatic N) is 6. The molecule has 0 saturated carbocycles. The number of hydrogen-bond donors (Lipinski definition) is 1. The fourth-order valence-corrected chi connectivity index (χ4v) is 4.72. The molecule has 4 aromatic rings. The Hall–Kier alpha value is -3.70. The van der Waals surface area contributed by atoms with Gasteiger partial charge in [-0.05, 0) is 51.0 Å². The highest BCUT2D eigenvalue weighted by Crippen LogP contribution is 2.31. The Kier molecular flexibility index (Phi) is 5.35. The Labute approximate surface area is 192 Å². The molecule has 168 valence electrons. The van der Waals surface area contributed by atoms with Gasteiger partial charge in [0.25, 0.3) is 0 Å². The van der Waals surface area contributed by atoms with Crippen LogP contribution >= 0.6 is 0 Å². The third-order valence-corrected chi connectivity index (χ3v) is 6.28. The van der Waals surface area contributed by atoms with Crippen LogP contribution in [0.2, 0.25) is 0 Å². The lowest BCUT2D eigenvalue weighted by atomic mass is 9.98. The van der Waals surface area contributed by atoms with Crippen molar-refractivity contribution in [1.29, 1.82) is 5.26 Å². The first-order chi connectivity index (χ1) is 15.9. The van der Waals surface area contributed by atoms with Crippen LogP contribution in [0.3, 0.4) is 0 Å². The molecule has 1 fully saturated rings. The van der Waals surface area contributed by atoms with Gasteiger partial charge >= 0.3 is 0 Å². The normalized spacial score (nSPS) is 19.5. The van der Waals surface area contributed by atoms with Crippen molar-refractivity contribution in [2.24, 2.45) is 0 Å². The molecule has 1 aliphatic heterocycles. The van der Waals surface area contributed by atoms with Crippen molar-refractivity contribution in [3.05, 3.63) is 59.5 Å². The molecule has 0 aliphatic carbocycles. The first kappa shape index (κ1) is 21.2. The average molecular weight is 442 g/mol. The maximum absolute atomic E-state index is 9.43. The van der Waals surface area contributed by atoms with Crippen LogP contribution in [0.1, 0.15) is 43.5 Å². The number of hydrogen-bond acceptors (Lipinski definition) is 7. The molecule has 1 aromatic carbocycles. The monoisotopic (exact) mass is 441 g/mol. The van der Waals surface area contributed by atoms with E-state index in [0.29, 0.717) is 11.3 Å². The van der Waals surface area contributed by atoms with Crippen molar-refractivity contribution >= 4 is 28.3 Å². The molecule has 0 radical (unpaired) electrons. The highest BCUT2D eigenvalue weighted by Gasteiger charge is 2.24. The SMILES string of the molecule is Cc1c(C#N)cccc1C(C)Nc1nc2nccn2c2cnc(N3CC(C)OC(C)C3)cc12. The van der Waals surface area contributed by atoms with E-state index in [2.05, 4.69) is 48.1 Å². The summed E-state index contributed by atoms with van der Waals surface area (Å²) in [5.41, 5.74) is 3.67. The molecule has 33 heavy (non-hydrogen) atoms. The van der Waals surface area contributed by atoms with Crippen LogP contribution in [0.5, 0.6) is 0 Å². The van der Waals surface area contributed by atoms with Crippen LogP contribution in [0.4, 0.5) is 11.6 Å². The molecular weight excluding hydrogens is 414 g/mol. The number of nitrogens with one attached hydrogen (secondary N) is 1. The Morgan fingerprint density at radius 2 is 2.00 bits per heavy atom. The Morgan fingerprint density at radius 3 is 2.76 bits per heavy atom. The minimum absolute atomic E-state index is 0.0496. The summed E-state index contributed by atoms with van der Waals surface area (Å²) in [6, 6.07) is 10.1. The lowest BCUT2D eigenvalue weighted by Crippen LogP contribution is -2.45. The molecule has 3 aromatic heterocycles. The van der Waals surface area contributed by atoms with Gasteiger partial charge in [-0.15, -0.1) is 0 Å². The summed E-state index contributed by atoms with van der Waals surface area (Å²) in [4.78, 5) is 16.3. The second-order valence-corrected chi connectivity index (χ2v) is 8.78. The first-order valence-electron chi connectivity index (χ1n) is 11.2. The number of fused-ring (bicyclic) bond motifs is 3. The predicted octanol–water partition coefficient (Wildman–Crippen LogP) is 4.24. The van der Waals surface area contributed by atoms with Gasteiger partial charge in [0.2, 0.25) is 5.78 Å².